The number of nitrogens with zero attached hydrogens (tertiary/aromatic N) is 2. The van der Waals surface area contributed by atoms with Gasteiger partial charge in [0.05, 0.1) is 18.9 Å². The van der Waals surface area contributed by atoms with Gasteiger partial charge in [0.25, 0.3) is 5.91 Å². The third-order valence-corrected chi connectivity index (χ3v) is 5.70. The summed E-state index contributed by atoms with van der Waals surface area (Å²) in [5, 5.41) is 3.09. The number of carbonyl (C=O) groups is 3. The number of methoxy groups -OCH3 is 1. The lowest BCUT2D eigenvalue weighted by Gasteiger charge is -2.31. The topological polar surface area (TPSA) is 102 Å². The molecular weight excluding hydrogens is 422 g/mol. The van der Waals surface area contributed by atoms with Crippen LogP contribution in [0.15, 0.2) is 71.6 Å². The van der Waals surface area contributed by atoms with E-state index in [-0.39, 0.29) is 23.3 Å². The number of hydrogen-bond acceptors (Lipinski definition) is 6. The standard InChI is InChI=1S/C25H25N3O5/c1-32-25(31)17-7-4-11-20(15-17)28(24(30)21-12-6-14-33-21)22(18-8-5-13-26-16-18)23(29)27-19-9-2-3-10-19/h4-8,11-16,19,22H,2-3,9-10H2,1H3,(H,27,29). The molecule has 1 aliphatic rings. The molecule has 1 saturated carbocycles. The first-order valence-electron chi connectivity index (χ1n) is 10.8. The van der Waals surface area contributed by atoms with Gasteiger partial charge in [0.1, 0.15) is 6.04 Å². The van der Waals surface area contributed by atoms with Crippen molar-refractivity contribution < 1.29 is 23.5 Å². The molecule has 1 aliphatic carbocycles. The molecule has 3 aromatic rings. The van der Waals surface area contributed by atoms with E-state index in [9.17, 15) is 14.4 Å². The molecule has 33 heavy (non-hydrogen) atoms. The Morgan fingerprint density at radius 3 is 2.61 bits per heavy atom. The van der Waals surface area contributed by atoms with Gasteiger partial charge in [-0.2, -0.15) is 0 Å². The van der Waals surface area contributed by atoms with E-state index in [0.717, 1.165) is 25.7 Å². The van der Waals surface area contributed by atoms with E-state index >= 15 is 0 Å². The van der Waals surface area contributed by atoms with Gasteiger partial charge in [-0.25, -0.2) is 4.79 Å². The lowest BCUT2D eigenvalue weighted by molar-refractivity contribution is -0.123. The number of pyridine rings is 1. The first-order chi connectivity index (χ1) is 16.1. The van der Waals surface area contributed by atoms with Gasteiger partial charge in [0.2, 0.25) is 5.91 Å². The van der Waals surface area contributed by atoms with E-state index in [1.165, 1.54) is 30.4 Å². The zero-order chi connectivity index (χ0) is 23.2. The minimum absolute atomic E-state index is 0.0543. The highest BCUT2D eigenvalue weighted by molar-refractivity contribution is 6.09. The highest BCUT2D eigenvalue weighted by Crippen LogP contribution is 2.31. The van der Waals surface area contributed by atoms with Crippen molar-refractivity contribution in [2.75, 3.05) is 12.0 Å². The van der Waals surface area contributed by atoms with Crippen molar-refractivity contribution in [3.63, 3.8) is 0 Å². The Labute approximate surface area is 191 Å². The fourth-order valence-corrected chi connectivity index (χ4v) is 4.11. The summed E-state index contributed by atoms with van der Waals surface area (Å²) in [6.07, 6.45) is 8.47. The van der Waals surface area contributed by atoms with Gasteiger partial charge in [-0.1, -0.05) is 25.0 Å². The number of esters is 1. The Balaban J connectivity index is 1.82. The summed E-state index contributed by atoms with van der Waals surface area (Å²) in [6, 6.07) is 12.1. The number of anilines is 1. The van der Waals surface area contributed by atoms with Crippen LogP contribution in [0.1, 0.15) is 58.2 Å². The van der Waals surface area contributed by atoms with Gasteiger partial charge in [-0.15, -0.1) is 0 Å². The van der Waals surface area contributed by atoms with E-state index in [2.05, 4.69) is 10.3 Å². The zero-order valence-corrected chi connectivity index (χ0v) is 18.3. The quantitative estimate of drug-likeness (QED) is 0.551. The number of hydrogen-bond donors (Lipinski definition) is 1. The first kappa shape index (κ1) is 22.3. The smallest absolute Gasteiger partial charge is 0.337 e. The summed E-state index contributed by atoms with van der Waals surface area (Å²) in [4.78, 5) is 44.9. The van der Waals surface area contributed by atoms with Crippen molar-refractivity contribution in [3.8, 4) is 0 Å². The summed E-state index contributed by atoms with van der Waals surface area (Å²) < 4.78 is 10.2. The predicted molar refractivity (Wildman–Crippen MR) is 121 cm³/mol. The number of carbonyl (C=O) groups excluding carboxylic acids is 3. The predicted octanol–water partition coefficient (Wildman–Crippen LogP) is 3.91. The van der Waals surface area contributed by atoms with Gasteiger partial charge >= 0.3 is 5.97 Å². The molecule has 2 heterocycles. The van der Waals surface area contributed by atoms with Crippen molar-refractivity contribution in [2.24, 2.45) is 0 Å². The Bertz CT molecular complexity index is 1110. The Kier molecular flexibility index (Phi) is 6.83. The molecule has 170 valence electrons. The molecule has 8 heteroatoms. The monoisotopic (exact) mass is 447 g/mol. The molecule has 0 bridgehead atoms. The van der Waals surface area contributed by atoms with E-state index in [4.69, 9.17) is 9.15 Å². The first-order valence-corrected chi connectivity index (χ1v) is 10.8. The molecule has 0 spiro atoms. The lowest BCUT2D eigenvalue weighted by atomic mass is 10.0. The molecular formula is C25H25N3O5. The second kappa shape index (κ2) is 10.1. The summed E-state index contributed by atoms with van der Waals surface area (Å²) in [6.45, 7) is 0. The summed E-state index contributed by atoms with van der Waals surface area (Å²) in [5.41, 5.74) is 1.15. The average molecular weight is 447 g/mol. The maximum absolute atomic E-state index is 13.6. The minimum Gasteiger partial charge on any atom is -0.465 e. The third kappa shape index (κ3) is 4.95. The highest BCUT2D eigenvalue weighted by Gasteiger charge is 2.36. The molecule has 1 aromatic carbocycles. The van der Waals surface area contributed by atoms with Crippen LogP contribution < -0.4 is 10.2 Å². The Hall–Kier alpha value is -3.94. The van der Waals surface area contributed by atoms with Crippen LogP contribution in [0.25, 0.3) is 0 Å². The lowest BCUT2D eigenvalue weighted by Crippen LogP contribution is -2.46. The largest absolute Gasteiger partial charge is 0.465 e. The molecule has 1 unspecified atom stereocenters. The number of aromatic nitrogens is 1. The zero-order valence-electron chi connectivity index (χ0n) is 18.3. The van der Waals surface area contributed by atoms with Crippen LogP contribution in [0.2, 0.25) is 0 Å². The molecule has 2 aromatic heterocycles. The van der Waals surface area contributed by atoms with Crippen molar-refractivity contribution in [2.45, 2.75) is 37.8 Å². The second-order valence-corrected chi connectivity index (χ2v) is 7.87. The van der Waals surface area contributed by atoms with Crippen molar-refractivity contribution in [1.29, 1.82) is 0 Å². The van der Waals surface area contributed by atoms with Gasteiger partial charge in [-0.3, -0.25) is 19.5 Å². The number of amides is 2. The van der Waals surface area contributed by atoms with Crippen molar-refractivity contribution in [1.82, 2.24) is 10.3 Å². The summed E-state index contributed by atoms with van der Waals surface area (Å²) >= 11 is 0. The molecule has 1 atom stereocenters. The summed E-state index contributed by atoms with van der Waals surface area (Å²) in [5.74, 6) is -1.31. The molecule has 1 fully saturated rings. The minimum atomic E-state index is -1.02. The van der Waals surface area contributed by atoms with Crippen LogP contribution in [0.4, 0.5) is 5.69 Å². The number of furan rings is 1. The van der Waals surface area contributed by atoms with E-state index in [1.54, 1.807) is 48.8 Å². The van der Waals surface area contributed by atoms with Crippen molar-refractivity contribution >= 4 is 23.5 Å². The normalized spacial score (nSPS) is 14.5. The second-order valence-electron chi connectivity index (χ2n) is 7.87. The number of ether oxygens (including phenoxy) is 1. The summed E-state index contributed by atoms with van der Waals surface area (Å²) in [7, 11) is 1.29. The van der Waals surface area contributed by atoms with Crippen LogP contribution in [0, 0.1) is 0 Å². The Morgan fingerprint density at radius 2 is 1.94 bits per heavy atom. The Morgan fingerprint density at radius 1 is 1.12 bits per heavy atom. The van der Waals surface area contributed by atoms with Crippen LogP contribution in [0.3, 0.4) is 0 Å². The molecule has 0 aliphatic heterocycles. The molecule has 1 N–H and O–H groups in total. The van der Waals surface area contributed by atoms with Crippen LogP contribution in [-0.4, -0.2) is 35.9 Å². The van der Waals surface area contributed by atoms with Crippen LogP contribution in [0.5, 0.6) is 0 Å². The molecule has 8 nitrogen and oxygen atoms in total. The average Bonchev–Trinajstić information content (AvgIpc) is 3.57. The van der Waals surface area contributed by atoms with Gasteiger partial charge in [0.15, 0.2) is 5.76 Å². The highest BCUT2D eigenvalue weighted by atomic mass is 16.5. The van der Waals surface area contributed by atoms with Crippen molar-refractivity contribution in [3.05, 3.63) is 84.1 Å². The third-order valence-electron chi connectivity index (χ3n) is 5.70. The fraction of sp³-hybridized carbons (Fsp3) is 0.280. The molecule has 4 rings (SSSR count). The maximum atomic E-state index is 13.6. The van der Waals surface area contributed by atoms with Crippen LogP contribution >= 0.6 is 0 Å². The van der Waals surface area contributed by atoms with E-state index < -0.39 is 17.9 Å². The van der Waals surface area contributed by atoms with Gasteiger partial charge in [-0.05, 0) is 49.2 Å². The van der Waals surface area contributed by atoms with Gasteiger partial charge < -0.3 is 14.5 Å². The molecule has 0 radical (unpaired) electrons. The number of nitrogens with one attached hydrogen (secondary N) is 1. The van der Waals surface area contributed by atoms with E-state index in [0.29, 0.717) is 11.3 Å². The van der Waals surface area contributed by atoms with Gasteiger partial charge in [0, 0.05) is 29.7 Å². The molecule has 0 saturated heterocycles. The van der Waals surface area contributed by atoms with Crippen LogP contribution in [-0.2, 0) is 9.53 Å². The van der Waals surface area contributed by atoms with E-state index in [1.807, 2.05) is 0 Å². The molecule has 2 amide bonds. The fourth-order valence-electron chi connectivity index (χ4n) is 4.11. The number of benzene rings is 1. The maximum Gasteiger partial charge on any atom is 0.337 e. The number of rotatable bonds is 7. The SMILES string of the molecule is COC(=O)c1cccc(N(C(=O)c2ccco2)C(C(=O)NC2CCCC2)c2cccnc2)c1.